The number of nitrogens with one attached hydrogen (secondary N) is 1. The number of carbonyl (C=O) groups is 1. The van der Waals surface area contributed by atoms with Gasteiger partial charge in [0.2, 0.25) is 5.91 Å². The second-order valence-corrected chi connectivity index (χ2v) is 5.57. The molecule has 17 heavy (non-hydrogen) atoms. The van der Waals surface area contributed by atoms with Crippen molar-refractivity contribution in [3.63, 3.8) is 0 Å². The van der Waals surface area contributed by atoms with Crippen molar-refractivity contribution in [3.05, 3.63) is 0 Å². The van der Waals surface area contributed by atoms with E-state index in [1.807, 2.05) is 18.7 Å². The van der Waals surface area contributed by atoms with Crippen LogP contribution in [0.3, 0.4) is 0 Å². The second kappa shape index (κ2) is 7.67. The smallest absolute Gasteiger partial charge is 0.236 e. The number of carbonyl (C=O) groups excluding carboxylic acids is 1. The van der Waals surface area contributed by atoms with Gasteiger partial charge in [-0.05, 0) is 33.4 Å². The van der Waals surface area contributed by atoms with E-state index in [4.69, 9.17) is 0 Å². The summed E-state index contributed by atoms with van der Waals surface area (Å²) in [5.41, 5.74) is 0.188. The fourth-order valence-corrected chi connectivity index (χ4v) is 2.11. The van der Waals surface area contributed by atoms with Crippen LogP contribution < -0.4 is 5.32 Å². The van der Waals surface area contributed by atoms with Crippen molar-refractivity contribution < 1.29 is 4.79 Å². The zero-order valence-corrected chi connectivity index (χ0v) is 12.3. The molecule has 0 saturated heterocycles. The van der Waals surface area contributed by atoms with Gasteiger partial charge in [0.1, 0.15) is 0 Å². The van der Waals surface area contributed by atoms with E-state index >= 15 is 0 Å². The average Bonchev–Trinajstić information content (AvgIpc) is 2.16. The van der Waals surface area contributed by atoms with Crippen LogP contribution in [-0.2, 0) is 4.79 Å². The Morgan fingerprint density at radius 2 is 1.71 bits per heavy atom. The Kier molecular flexibility index (Phi) is 7.39. The standard InChI is InChI=1S/C13H29N3O/c1-7-16(8-2)12(17)9-14-10-13(3,4)11-15(5)6/h14H,7-11H2,1-6H3. The minimum Gasteiger partial charge on any atom is -0.342 e. The summed E-state index contributed by atoms with van der Waals surface area (Å²) in [5, 5.41) is 3.26. The van der Waals surface area contributed by atoms with Crippen LogP contribution in [0.5, 0.6) is 0 Å². The molecule has 0 heterocycles. The van der Waals surface area contributed by atoms with E-state index in [2.05, 4.69) is 38.2 Å². The first-order valence-corrected chi connectivity index (χ1v) is 6.45. The van der Waals surface area contributed by atoms with Crippen molar-refractivity contribution in [2.75, 3.05) is 46.8 Å². The van der Waals surface area contributed by atoms with E-state index in [0.717, 1.165) is 26.2 Å². The third kappa shape index (κ3) is 7.34. The zero-order valence-electron chi connectivity index (χ0n) is 12.3. The highest BCUT2D eigenvalue weighted by atomic mass is 16.2. The van der Waals surface area contributed by atoms with Gasteiger partial charge in [0.25, 0.3) is 0 Å². The summed E-state index contributed by atoms with van der Waals surface area (Å²) in [6, 6.07) is 0. The van der Waals surface area contributed by atoms with Gasteiger partial charge < -0.3 is 15.1 Å². The van der Waals surface area contributed by atoms with Gasteiger partial charge in [-0.1, -0.05) is 13.8 Å². The summed E-state index contributed by atoms with van der Waals surface area (Å²) in [4.78, 5) is 15.8. The maximum absolute atomic E-state index is 11.8. The van der Waals surface area contributed by atoms with Crippen LogP contribution in [0.4, 0.5) is 0 Å². The minimum atomic E-state index is 0.188. The van der Waals surface area contributed by atoms with E-state index < -0.39 is 0 Å². The van der Waals surface area contributed by atoms with Gasteiger partial charge in [-0.25, -0.2) is 0 Å². The Morgan fingerprint density at radius 3 is 2.12 bits per heavy atom. The summed E-state index contributed by atoms with van der Waals surface area (Å²) >= 11 is 0. The highest BCUT2D eigenvalue weighted by Gasteiger charge is 2.19. The van der Waals surface area contributed by atoms with Gasteiger partial charge in [0, 0.05) is 26.2 Å². The van der Waals surface area contributed by atoms with Crippen LogP contribution in [0, 0.1) is 5.41 Å². The summed E-state index contributed by atoms with van der Waals surface area (Å²) < 4.78 is 0. The molecule has 1 N–H and O–H groups in total. The number of nitrogens with zero attached hydrogens (tertiary/aromatic N) is 2. The first-order chi connectivity index (χ1) is 7.82. The Bertz CT molecular complexity index is 223. The van der Waals surface area contributed by atoms with Crippen LogP contribution in [-0.4, -0.2) is 62.5 Å². The van der Waals surface area contributed by atoms with Gasteiger partial charge >= 0.3 is 0 Å². The maximum Gasteiger partial charge on any atom is 0.236 e. The molecule has 0 aliphatic rings. The summed E-state index contributed by atoms with van der Waals surface area (Å²) in [7, 11) is 4.14. The third-order valence-electron chi connectivity index (χ3n) is 2.74. The van der Waals surface area contributed by atoms with Crippen molar-refractivity contribution in [2.45, 2.75) is 27.7 Å². The van der Waals surface area contributed by atoms with E-state index in [0.29, 0.717) is 6.54 Å². The summed E-state index contributed by atoms with van der Waals surface area (Å²) in [5.74, 6) is 0.190. The Hall–Kier alpha value is -0.610. The van der Waals surface area contributed by atoms with Crippen LogP contribution in [0.1, 0.15) is 27.7 Å². The monoisotopic (exact) mass is 243 g/mol. The minimum absolute atomic E-state index is 0.188. The quantitative estimate of drug-likeness (QED) is 0.692. The van der Waals surface area contributed by atoms with Gasteiger partial charge in [0.15, 0.2) is 0 Å². The number of hydrogen-bond donors (Lipinski definition) is 1. The number of rotatable bonds is 8. The lowest BCUT2D eigenvalue weighted by Gasteiger charge is -2.29. The molecule has 0 aromatic carbocycles. The van der Waals surface area contributed by atoms with Crippen molar-refractivity contribution in [2.24, 2.45) is 5.41 Å². The van der Waals surface area contributed by atoms with E-state index in [1.165, 1.54) is 0 Å². The lowest BCUT2D eigenvalue weighted by molar-refractivity contribution is -0.129. The van der Waals surface area contributed by atoms with Crippen LogP contribution in [0.15, 0.2) is 0 Å². The number of hydrogen-bond acceptors (Lipinski definition) is 3. The molecule has 0 rings (SSSR count). The van der Waals surface area contributed by atoms with Crippen molar-refractivity contribution in [1.29, 1.82) is 0 Å². The van der Waals surface area contributed by atoms with Gasteiger partial charge in [-0.3, -0.25) is 4.79 Å². The molecule has 0 atom stereocenters. The molecule has 0 fully saturated rings. The predicted octanol–water partition coefficient (Wildman–Crippen LogP) is 1.03. The fraction of sp³-hybridized carbons (Fsp3) is 0.923. The van der Waals surface area contributed by atoms with Crippen LogP contribution in [0.25, 0.3) is 0 Å². The van der Waals surface area contributed by atoms with E-state index in [-0.39, 0.29) is 11.3 Å². The van der Waals surface area contributed by atoms with Crippen LogP contribution in [0.2, 0.25) is 0 Å². The first-order valence-electron chi connectivity index (χ1n) is 6.45. The molecule has 1 amide bonds. The molecule has 0 aliphatic carbocycles. The second-order valence-electron chi connectivity index (χ2n) is 5.57. The van der Waals surface area contributed by atoms with Gasteiger partial charge in [0.05, 0.1) is 6.54 Å². The van der Waals surface area contributed by atoms with Crippen molar-refractivity contribution in [3.8, 4) is 0 Å². The Balaban J connectivity index is 3.94. The largest absolute Gasteiger partial charge is 0.342 e. The SMILES string of the molecule is CCN(CC)C(=O)CNCC(C)(C)CN(C)C. The third-order valence-corrected chi connectivity index (χ3v) is 2.74. The number of amides is 1. The fourth-order valence-electron chi connectivity index (χ4n) is 2.11. The molecule has 0 spiro atoms. The first kappa shape index (κ1) is 16.4. The topological polar surface area (TPSA) is 35.6 Å². The molecule has 0 aromatic rings. The molecule has 4 nitrogen and oxygen atoms in total. The molecule has 0 aliphatic heterocycles. The van der Waals surface area contributed by atoms with Crippen molar-refractivity contribution in [1.82, 2.24) is 15.1 Å². The van der Waals surface area contributed by atoms with E-state index in [9.17, 15) is 4.79 Å². The van der Waals surface area contributed by atoms with E-state index in [1.54, 1.807) is 0 Å². The molecule has 102 valence electrons. The van der Waals surface area contributed by atoms with Crippen molar-refractivity contribution >= 4 is 5.91 Å². The molecule has 0 bridgehead atoms. The van der Waals surface area contributed by atoms with Crippen LogP contribution >= 0.6 is 0 Å². The lowest BCUT2D eigenvalue weighted by Crippen LogP contribution is -2.43. The van der Waals surface area contributed by atoms with Gasteiger partial charge in [-0.15, -0.1) is 0 Å². The zero-order chi connectivity index (χ0) is 13.5. The normalized spacial score (nSPS) is 11.9. The molecular weight excluding hydrogens is 214 g/mol. The van der Waals surface area contributed by atoms with Gasteiger partial charge in [-0.2, -0.15) is 0 Å². The molecule has 0 aromatic heterocycles. The predicted molar refractivity (Wildman–Crippen MR) is 73.1 cm³/mol. The highest BCUT2D eigenvalue weighted by Crippen LogP contribution is 2.13. The molecule has 0 saturated carbocycles. The summed E-state index contributed by atoms with van der Waals surface area (Å²) in [6.07, 6.45) is 0. The average molecular weight is 243 g/mol. The molecule has 4 heteroatoms. The summed E-state index contributed by atoms with van der Waals surface area (Å²) in [6.45, 7) is 12.3. The highest BCUT2D eigenvalue weighted by molar-refractivity contribution is 5.78. The lowest BCUT2D eigenvalue weighted by atomic mass is 9.93. The molecule has 0 radical (unpaired) electrons. The number of likely N-dealkylation sites (N-methyl/N-ethyl adjacent to an activating group) is 1. The molecular formula is C13H29N3O. The maximum atomic E-state index is 11.8. The molecule has 0 unspecified atom stereocenters. The Labute approximate surface area is 106 Å². The Morgan fingerprint density at radius 1 is 1.18 bits per heavy atom.